The van der Waals surface area contributed by atoms with Gasteiger partial charge in [0.2, 0.25) is 0 Å². The van der Waals surface area contributed by atoms with Crippen molar-refractivity contribution in [2.75, 3.05) is 16.6 Å². The molecule has 3 aromatic rings. The van der Waals surface area contributed by atoms with Crippen molar-refractivity contribution in [3.05, 3.63) is 81.3 Å². The third-order valence-electron chi connectivity index (χ3n) is 4.42. The van der Waals surface area contributed by atoms with Crippen LogP contribution >= 0.6 is 27.5 Å². The normalized spacial score (nSPS) is 11.1. The molecule has 0 aromatic heterocycles. The second kappa shape index (κ2) is 9.72. The van der Waals surface area contributed by atoms with Gasteiger partial charge in [0.1, 0.15) is 5.75 Å². The first-order valence-electron chi connectivity index (χ1n) is 9.22. The summed E-state index contributed by atoms with van der Waals surface area (Å²) >= 11 is 9.20. The SMILES string of the molecule is Cc1cccc(C)c1NS(=O)(=O)c1ccc(NC(=O)COc2ccc(Cl)cc2Br)cc1. The fourth-order valence-electron chi connectivity index (χ4n) is 2.82. The molecule has 0 spiro atoms. The minimum absolute atomic E-state index is 0.0921. The number of amides is 1. The highest BCUT2D eigenvalue weighted by Gasteiger charge is 2.17. The number of para-hydroxylation sites is 1. The molecule has 0 radical (unpaired) electrons. The van der Waals surface area contributed by atoms with Crippen LogP contribution in [0.25, 0.3) is 0 Å². The quantitative estimate of drug-likeness (QED) is 0.426. The second-order valence-electron chi connectivity index (χ2n) is 6.81. The monoisotopic (exact) mass is 522 g/mol. The zero-order valence-electron chi connectivity index (χ0n) is 16.8. The fraction of sp³-hybridized carbons (Fsp3) is 0.136. The molecule has 0 heterocycles. The first-order chi connectivity index (χ1) is 14.7. The molecular formula is C22H20BrClN2O4S. The van der Waals surface area contributed by atoms with Crippen LogP contribution in [0.2, 0.25) is 5.02 Å². The predicted octanol–water partition coefficient (Wildman–Crippen LogP) is 5.54. The lowest BCUT2D eigenvalue weighted by Crippen LogP contribution is -2.20. The van der Waals surface area contributed by atoms with Crippen molar-refractivity contribution in [2.24, 2.45) is 0 Å². The molecule has 162 valence electrons. The maximum Gasteiger partial charge on any atom is 0.262 e. The van der Waals surface area contributed by atoms with Gasteiger partial charge in [-0.05, 0) is 83.4 Å². The Bertz CT molecular complexity index is 1190. The highest BCUT2D eigenvalue weighted by Crippen LogP contribution is 2.28. The summed E-state index contributed by atoms with van der Waals surface area (Å²) < 4.78 is 34.2. The summed E-state index contributed by atoms with van der Waals surface area (Å²) in [4.78, 5) is 12.2. The van der Waals surface area contributed by atoms with Gasteiger partial charge in [0.05, 0.1) is 15.1 Å². The summed E-state index contributed by atoms with van der Waals surface area (Å²) in [6.07, 6.45) is 0. The molecule has 6 nitrogen and oxygen atoms in total. The van der Waals surface area contributed by atoms with Gasteiger partial charge in [-0.1, -0.05) is 29.8 Å². The molecule has 0 saturated carbocycles. The number of anilines is 2. The number of carbonyl (C=O) groups is 1. The number of aryl methyl sites for hydroxylation is 2. The van der Waals surface area contributed by atoms with Crippen LogP contribution in [-0.4, -0.2) is 20.9 Å². The van der Waals surface area contributed by atoms with Crippen molar-refractivity contribution in [3.63, 3.8) is 0 Å². The number of ether oxygens (including phenoxy) is 1. The lowest BCUT2D eigenvalue weighted by atomic mass is 10.1. The zero-order chi connectivity index (χ0) is 22.6. The minimum atomic E-state index is -3.76. The van der Waals surface area contributed by atoms with Gasteiger partial charge in [-0.3, -0.25) is 9.52 Å². The number of carbonyl (C=O) groups excluding carboxylic acids is 1. The average Bonchev–Trinajstić information content (AvgIpc) is 2.71. The molecule has 3 aromatic carbocycles. The van der Waals surface area contributed by atoms with Gasteiger partial charge in [0.25, 0.3) is 15.9 Å². The third kappa shape index (κ3) is 6.00. The van der Waals surface area contributed by atoms with Gasteiger partial charge in [0.15, 0.2) is 6.61 Å². The lowest BCUT2D eigenvalue weighted by Gasteiger charge is -2.13. The minimum Gasteiger partial charge on any atom is -0.483 e. The highest BCUT2D eigenvalue weighted by molar-refractivity contribution is 9.10. The van der Waals surface area contributed by atoms with E-state index in [4.69, 9.17) is 16.3 Å². The molecule has 0 aliphatic rings. The van der Waals surface area contributed by atoms with Crippen molar-refractivity contribution < 1.29 is 17.9 Å². The number of hydrogen-bond acceptors (Lipinski definition) is 4. The van der Waals surface area contributed by atoms with Crippen LogP contribution in [0.4, 0.5) is 11.4 Å². The van der Waals surface area contributed by atoms with E-state index >= 15 is 0 Å². The van der Waals surface area contributed by atoms with Crippen LogP contribution < -0.4 is 14.8 Å². The molecular weight excluding hydrogens is 504 g/mol. The summed E-state index contributed by atoms with van der Waals surface area (Å²) in [6.45, 7) is 3.47. The largest absolute Gasteiger partial charge is 0.483 e. The van der Waals surface area contributed by atoms with Crippen molar-refractivity contribution in [2.45, 2.75) is 18.7 Å². The van der Waals surface area contributed by atoms with Crippen LogP contribution in [0.5, 0.6) is 5.75 Å². The second-order valence-corrected chi connectivity index (χ2v) is 9.78. The van der Waals surface area contributed by atoms with Gasteiger partial charge in [0, 0.05) is 10.7 Å². The van der Waals surface area contributed by atoms with Gasteiger partial charge in [-0.2, -0.15) is 0 Å². The maximum atomic E-state index is 12.7. The van der Waals surface area contributed by atoms with Gasteiger partial charge in [-0.25, -0.2) is 8.42 Å². The fourth-order valence-corrected chi connectivity index (χ4v) is 4.82. The number of halogens is 2. The predicted molar refractivity (Wildman–Crippen MR) is 126 cm³/mol. The molecule has 31 heavy (non-hydrogen) atoms. The van der Waals surface area contributed by atoms with E-state index < -0.39 is 10.0 Å². The molecule has 0 fully saturated rings. The Morgan fingerprint density at radius 2 is 1.68 bits per heavy atom. The third-order valence-corrected chi connectivity index (χ3v) is 6.64. The van der Waals surface area contributed by atoms with Gasteiger partial charge >= 0.3 is 0 Å². The molecule has 3 rings (SSSR count). The summed E-state index contributed by atoms with van der Waals surface area (Å²) in [5, 5.41) is 3.22. The lowest BCUT2D eigenvalue weighted by molar-refractivity contribution is -0.118. The molecule has 0 aliphatic carbocycles. The Hall–Kier alpha value is -2.55. The Morgan fingerprint density at radius 3 is 2.29 bits per heavy atom. The molecule has 9 heteroatoms. The Morgan fingerprint density at radius 1 is 1.03 bits per heavy atom. The van der Waals surface area contributed by atoms with E-state index in [1.54, 1.807) is 18.2 Å². The van der Waals surface area contributed by atoms with E-state index in [9.17, 15) is 13.2 Å². The topological polar surface area (TPSA) is 84.5 Å². The van der Waals surface area contributed by atoms with Crippen molar-refractivity contribution >= 4 is 54.8 Å². The van der Waals surface area contributed by atoms with Gasteiger partial charge < -0.3 is 10.1 Å². The zero-order valence-corrected chi connectivity index (χ0v) is 19.9. The van der Waals surface area contributed by atoms with E-state index in [0.717, 1.165) is 11.1 Å². The molecule has 0 aliphatic heterocycles. The summed E-state index contributed by atoms with van der Waals surface area (Å²) in [5.41, 5.74) is 2.68. The highest BCUT2D eigenvalue weighted by atomic mass is 79.9. The number of rotatable bonds is 7. The first-order valence-corrected chi connectivity index (χ1v) is 11.9. The number of nitrogens with one attached hydrogen (secondary N) is 2. The maximum absolute atomic E-state index is 12.7. The number of benzene rings is 3. The van der Waals surface area contributed by atoms with E-state index in [0.29, 0.717) is 26.6 Å². The van der Waals surface area contributed by atoms with E-state index in [1.807, 2.05) is 32.0 Å². The molecule has 0 bridgehead atoms. The Kier molecular flexibility index (Phi) is 7.25. The van der Waals surface area contributed by atoms with E-state index in [2.05, 4.69) is 26.0 Å². The van der Waals surface area contributed by atoms with Crippen LogP contribution in [0.1, 0.15) is 11.1 Å². The Labute approximate surface area is 194 Å². The molecule has 0 atom stereocenters. The van der Waals surface area contributed by atoms with E-state index in [1.165, 1.54) is 24.3 Å². The van der Waals surface area contributed by atoms with Gasteiger partial charge in [-0.15, -0.1) is 0 Å². The van der Waals surface area contributed by atoms with Crippen LogP contribution in [0.3, 0.4) is 0 Å². The van der Waals surface area contributed by atoms with E-state index in [-0.39, 0.29) is 17.4 Å². The number of hydrogen-bond donors (Lipinski definition) is 2. The summed E-state index contributed by atoms with van der Waals surface area (Å²) in [5.74, 6) is 0.102. The molecule has 0 unspecified atom stereocenters. The van der Waals surface area contributed by atoms with Crippen molar-refractivity contribution in [1.82, 2.24) is 0 Å². The molecule has 1 amide bonds. The van der Waals surface area contributed by atoms with Crippen molar-refractivity contribution in [1.29, 1.82) is 0 Å². The standard InChI is InChI=1S/C22H20BrClN2O4S/c1-14-4-3-5-15(2)22(14)26-31(28,29)18-9-7-17(8-10-18)25-21(27)13-30-20-11-6-16(24)12-19(20)23/h3-12,26H,13H2,1-2H3,(H,25,27). The first kappa shape index (κ1) is 23.1. The van der Waals surface area contributed by atoms with Crippen LogP contribution in [-0.2, 0) is 14.8 Å². The van der Waals surface area contributed by atoms with Crippen LogP contribution in [0.15, 0.2) is 70.0 Å². The number of sulfonamides is 1. The Balaban J connectivity index is 1.63. The van der Waals surface area contributed by atoms with Crippen molar-refractivity contribution in [3.8, 4) is 5.75 Å². The average molecular weight is 524 g/mol. The van der Waals surface area contributed by atoms with Crippen LogP contribution in [0, 0.1) is 13.8 Å². The molecule has 2 N–H and O–H groups in total. The smallest absolute Gasteiger partial charge is 0.262 e. The summed E-state index contributed by atoms with van der Waals surface area (Å²) in [6, 6.07) is 16.4. The summed E-state index contributed by atoms with van der Waals surface area (Å²) in [7, 11) is -3.76. The molecule has 0 saturated heterocycles.